The van der Waals surface area contributed by atoms with Crippen LogP contribution in [0.3, 0.4) is 0 Å². The Labute approximate surface area is 104 Å². The molecule has 0 saturated heterocycles. The Morgan fingerprint density at radius 1 is 0.588 bits per heavy atom. The van der Waals surface area contributed by atoms with E-state index in [1.807, 2.05) is 27.7 Å². The van der Waals surface area contributed by atoms with Crippen molar-refractivity contribution in [2.45, 2.75) is 66.7 Å². The van der Waals surface area contributed by atoms with Crippen molar-refractivity contribution in [2.75, 3.05) is 13.2 Å². The van der Waals surface area contributed by atoms with Gasteiger partial charge in [0, 0.05) is 13.2 Å². The second-order valence-corrected chi connectivity index (χ2v) is 3.59. The molecular weight excluding hydrogens is 224 g/mol. The SMILES string of the molecule is CCOC(C)OC(C)OC(C)OC(C)OCC. The van der Waals surface area contributed by atoms with Crippen molar-refractivity contribution >= 4 is 0 Å². The van der Waals surface area contributed by atoms with E-state index in [4.69, 9.17) is 23.7 Å². The molecule has 0 aliphatic carbocycles. The van der Waals surface area contributed by atoms with E-state index in [2.05, 4.69) is 0 Å². The monoisotopic (exact) mass is 250 g/mol. The van der Waals surface area contributed by atoms with E-state index in [0.717, 1.165) is 0 Å². The van der Waals surface area contributed by atoms with E-state index >= 15 is 0 Å². The zero-order chi connectivity index (χ0) is 13.3. The molecule has 0 aromatic rings. The fourth-order valence-corrected chi connectivity index (χ4v) is 1.42. The minimum atomic E-state index is -0.389. The second-order valence-electron chi connectivity index (χ2n) is 3.59. The Morgan fingerprint density at radius 3 is 1.18 bits per heavy atom. The van der Waals surface area contributed by atoms with Crippen LogP contribution in [0.2, 0.25) is 0 Å². The highest BCUT2D eigenvalue weighted by Crippen LogP contribution is 2.08. The maximum absolute atomic E-state index is 5.48. The van der Waals surface area contributed by atoms with E-state index in [0.29, 0.717) is 13.2 Å². The molecule has 5 heteroatoms. The third kappa shape index (κ3) is 9.50. The van der Waals surface area contributed by atoms with E-state index in [1.165, 1.54) is 0 Å². The molecule has 0 fully saturated rings. The van der Waals surface area contributed by atoms with Gasteiger partial charge in [-0.3, -0.25) is 0 Å². The molecule has 0 radical (unpaired) electrons. The molecule has 104 valence electrons. The van der Waals surface area contributed by atoms with Gasteiger partial charge in [0.05, 0.1) is 0 Å². The highest BCUT2D eigenvalue weighted by atomic mass is 16.8. The van der Waals surface area contributed by atoms with Crippen molar-refractivity contribution in [3.63, 3.8) is 0 Å². The van der Waals surface area contributed by atoms with Crippen LogP contribution in [0.5, 0.6) is 0 Å². The van der Waals surface area contributed by atoms with Gasteiger partial charge in [-0.25, -0.2) is 0 Å². The standard InChI is InChI=1S/C12H26O5/c1-7-13-9(3)15-11(5)17-12(6)16-10(4)14-8-2/h9-12H,7-8H2,1-6H3. The van der Waals surface area contributed by atoms with E-state index in [9.17, 15) is 0 Å². The second kappa shape index (κ2) is 9.79. The Balaban J connectivity index is 3.74. The quantitative estimate of drug-likeness (QED) is 0.557. The molecule has 4 atom stereocenters. The normalized spacial score (nSPS) is 18.7. The van der Waals surface area contributed by atoms with Crippen LogP contribution in [0.1, 0.15) is 41.5 Å². The van der Waals surface area contributed by atoms with Gasteiger partial charge in [-0.15, -0.1) is 0 Å². The van der Waals surface area contributed by atoms with Gasteiger partial charge < -0.3 is 23.7 Å². The minimum Gasteiger partial charge on any atom is -0.353 e. The van der Waals surface area contributed by atoms with Crippen LogP contribution < -0.4 is 0 Å². The van der Waals surface area contributed by atoms with Crippen LogP contribution in [-0.4, -0.2) is 38.4 Å². The first-order chi connectivity index (χ1) is 7.99. The predicted molar refractivity (Wildman–Crippen MR) is 64.4 cm³/mol. The molecular formula is C12H26O5. The van der Waals surface area contributed by atoms with Crippen molar-refractivity contribution in [3.8, 4) is 0 Å². The molecule has 0 aliphatic rings. The zero-order valence-corrected chi connectivity index (χ0v) is 11.8. The van der Waals surface area contributed by atoms with Gasteiger partial charge >= 0.3 is 0 Å². The number of rotatable bonds is 10. The largest absolute Gasteiger partial charge is 0.353 e. The van der Waals surface area contributed by atoms with Crippen molar-refractivity contribution in [1.82, 2.24) is 0 Å². The average molecular weight is 250 g/mol. The summed E-state index contributed by atoms with van der Waals surface area (Å²) in [5.41, 5.74) is 0. The molecule has 0 rings (SSSR count). The van der Waals surface area contributed by atoms with Crippen LogP contribution in [0.25, 0.3) is 0 Å². The lowest BCUT2D eigenvalue weighted by Gasteiger charge is -2.24. The summed E-state index contributed by atoms with van der Waals surface area (Å²) in [4.78, 5) is 0. The average Bonchev–Trinajstić information content (AvgIpc) is 2.16. The first-order valence-corrected chi connectivity index (χ1v) is 6.19. The third-order valence-corrected chi connectivity index (χ3v) is 1.95. The van der Waals surface area contributed by atoms with Crippen LogP contribution in [0.15, 0.2) is 0 Å². The topological polar surface area (TPSA) is 46.2 Å². The van der Waals surface area contributed by atoms with Crippen LogP contribution in [0, 0.1) is 0 Å². The molecule has 0 bridgehead atoms. The van der Waals surface area contributed by atoms with Gasteiger partial charge in [0.1, 0.15) is 0 Å². The third-order valence-electron chi connectivity index (χ3n) is 1.95. The number of hydrogen-bond donors (Lipinski definition) is 0. The number of ether oxygens (including phenoxy) is 5. The maximum atomic E-state index is 5.48. The fraction of sp³-hybridized carbons (Fsp3) is 1.00. The molecule has 0 aliphatic heterocycles. The Bertz CT molecular complexity index is 158. The number of hydrogen-bond acceptors (Lipinski definition) is 5. The molecule has 4 unspecified atom stereocenters. The van der Waals surface area contributed by atoms with Gasteiger partial charge in [-0.05, 0) is 41.5 Å². The highest BCUT2D eigenvalue weighted by molar-refractivity contribution is 4.40. The van der Waals surface area contributed by atoms with Crippen molar-refractivity contribution in [1.29, 1.82) is 0 Å². The molecule has 0 aromatic carbocycles. The first-order valence-electron chi connectivity index (χ1n) is 6.19. The van der Waals surface area contributed by atoms with Crippen molar-refractivity contribution in [2.24, 2.45) is 0 Å². The smallest absolute Gasteiger partial charge is 0.161 e. The van der Waals surface area contributed by atoms with E-state index in [-0.39, 0.29) is 25.2 Å². The molecule has 5 nitrogen and oxygen atoms in total. The molecule has 0 heterocycles. The zero-order valence-electron chi connectivity index (χ0n) is 11.8. The van der Waals surface area contributed by atoms with Crippen LogP contribution >= 0.6 is 0 Å². The van der Waals surface area contributed by atoms with Gasteiger partial charge in [0.25, 0.3) is 0 Å². The van der Waals surface area contributed by atoms with Gasteiger partial charge in [-0.1, -0.05) is 0 Å². The van der Waals surface area contributed by atoms with Crippen LogP contribution in [-0.2, 0) is 23.7 Å². The van der Waals surface area contributed by atoms with Crippen LogP contribution in [0.4, 0.5) is 0 Å². The molecule has 0 N–H and O–H groups in total. The Morgan fingerprint density at radius 2 is 0.882 bits per heavy atom. The summed E-state index contributed by atoms with van der Waals surface area (Å²) in [7, 11) is 0. The molecule has 0 amide bonds. The molecule has 0 spiro atoms. The maximum Gasteiger partial charge on any atom is 0.161 e. The van der Waals surface area contributed by atoms with Gasteiger partial charge in [-0.2, -0.15) is 0 Å². The predicted octanol–water partition coefficient (Wildman–Crippen LogP) is 2.49. The summed E-state index contributed by atoms with van der Waals surface area (Å²) in [6, 6.07) is 0. The van der Waals surface area contributed by atoms with Gasteiger partial charge in [0.15, 0.2) is 25.2 Å². The lowest BCUT2D eigenvalue weighted by atomic mass is 10.6. The molecule has 0 saturated carbocycles. The van der Waals surface area contributed by atoms with E-state index < -0.39 is 0 Å². The summed E-state index contributed by atoms with van der Waals surface area (Å²) < 4.78 is 26.8. The summed E-state index contributed by atoms with van der Waals surface area (Å²) in [5, 5.41) is 0. The lowest BCUT2D eigenvalue weighted by Crippen LogP contribution is -2.29. The first kappa shape index (κ1) is 16.8. The lowest BCUT2D eigenvalue weighted by molar-refractivity contribution is -0.305. The Hall–Kier alpha value is -0.200. The minimum absolute atomic E-state index is 0.286. The highest BCUT2D eigenvalue weighted by Gasteiger charge is 2.15. The van der Waals surface area contributed by atoms with Crippen molar-refractivity contribution in [3.05, 3.63) is 0 Å². The van der Waals surface area contributed by atoms with Crippen molar-refractivity contribution < 1.29 is 23.7 Å². The Kier molecular flexibility index (Phi) is 9.68. The van der Waals surface area contributed by atoms with Gasteiger partial charge in [0.2, 0.25) is 0 Å². The summed E-state index contributed by atoms with van der Waals surface area (Å²) in [5.74, 6) is 0. The van der Waals surface area contributed by atoms with E-state index in [1.54, 1.807) is 13.8 Å². The fourth-order valence-electron chi connectivity index (χ4n) is 1.42. The summed E-state index contributed by atoms with van der Waals surface area (Å²) >= 11 is 0. The molecule has 0 aromatic heterocycles. The summed E-state index contributed by atoms with van der Waals surface area (Å²) in [6.07, 6.45) is -1.35. The molecule has 17 heavy (non-hydrogen) atoms. The summed E-state index contributed by atoms with van der Waals surface area (Å²) in [6.45, 7) is 12.3.